The van der Waals surface area contributed by atoms with Gasteiger partial charge in [-0.1, -0.05) is 29.8 Å². The van der Waals surface area contributed by atoms with Gasteiger partial charge in [-0.2, -0.15) is 0 Å². The Morgan fingerprint density at radius 1 is 1.38 bits per heavy atom. The number of rotatable bonds is 6. The molecule has 1 rings (SSSR count). The minimum Gasteiger partial charge on any atom is -0.390 e. The van der Waals surface area contributed by atoms with E-state index in [1.165, 1.54) is 11.1 Å². The van der Waals surface area contributed by atoms with Crippen molar-refractivity contribution in [3.63, 3.8) is 0 Å². The molecule has 3 heteroatoms. The molecule has 0 aliphatic carbocycles. The van der Waals surface area contributed by atoms with Crippen LogP contribution in [0.1, 0.15) is 11.1 Å². The highest BCUT2D eigenvalue weighted by Crippen LogP contribution is 2.03. The summed E-state index contributed by atoms with van der Waals surface area (Å²) in [7, 11) is 3.92. The summed E-state index contributed by atoms with van der Waals surface area (Å²) in [6, 6.07) is 8.40. The van der Waals surface area contributed by atoms with Crippen molar-refractivity contribution in [3.05, 3.63) is 35.4 Å². The minimum absolute atomic E-state index is 0.306. The van der Waals surface area contributed by atoms with Gasteiger partial charge in [0.2, 0.25) is 0 Å². The Hall–Kier alpha value is -0.900. The second-order valence-electron chi connectivity index (χ2n) is 4.54. The van der Waals surface area contributed by atoms with Crippen LogP contribution in [0.5, 0.6) is 0 Å². The summed E-state index contributed by atoms with van der Waals surface area (Å²) in [5.41, 5.74) is 2.53. The van der Waals surface area contributed by atoms with Crippen molar-refractivity contribution in [3.8, 4) is 0 Å². The predicted octanol–water partition coefficient (Wildman–Crippen LogP) is 1.01. The van der Waals surface area contributed by atoms with E-state index in [1.54, 1.807) is 0 Å². The molecule has 1 atom stereocenters. The molecule has 0 saturated heterocycles. The second kappa shape index (κ2) is 6.63. The Morgan fingerprint density at radius 3 is 2.75 bits per heavy atom. The van der Waals surface area contributed by atoms with Crippen molar-refractivity contribution in [1.29, 1.82) is 0 Å². The number of hydrogen-bond acceptors (Lipinski definition) is 3. The molecule has 0 heterocycles. The summed E-state index contributed by atoms with van der Waals surface area (Å²) in [5.74, 6) is 0. The summed E-state index contributed by atoms with van der Waals surface area (Å²) < 4.78 is 0. The summed E-state index contributed by atoms with van der Waals surface area (Å²) in [4.78, 5) is 1.99. The van der Waals surface area contributed by atoms with E-state index < -0.39 is 0 Å². The monoisotopic (exact) mass is 222 g/mol. The Morgan fingerprint density at radius 2 is 2.12 bits per heavy atom. The number of nitrogens with one attached hydrogen (secondary N) is 1. The van der Waals surface area contributed by atoms with Gasteiger partial charge in [-0.25, -0.2) is 0 Å². The summed E-state index contributed by atoms with van der Waals surface area (Å²) in [5, 5.41) is 12.9. The maximum Gasteiger partial charge on any atom is 0.0791 e. The standard InChI is InChI=1S/C13H22N2O/c1-11-5-4-6-12(7-11)8-14-9-13(16)10-15(2)3/h4-7,13-14,16H,8-10H2,1-3H3. The highest BCUT2D eigenvalue weighted by Gasteiger charge is 2.04. The Bertz CT molecular complexity index is 313. The fourth-order valence-electron chi connectivity index (χ4n) is 1.69. The number of aliphatic hydroxyl groups is 1. The molecule has 0 amide bonds. The quantitative estimate of drug-likeness (QED) is 0.754. The van der Waals surface area contributed by atoms with Crippen molar-refractivity contribution < 1.29 is 5.11 Å². The van der Waals surface area contributed by atoms with E-state index in [-0.39, 0.29) is 6.10 Å². The fraction of sp³-hybridized carbons (Fsp3) is 0.538. The van der Waals surface area contributed by atoms with Gasteiger partial charge in [-0.3, -0.25) is 0 Å². The lowest BCUT2D eigenvalue weighted by Crippen LogP contribution is -2.34. The molecule has 0 bridgehead atoms. The molecule has 0 aliphatic heterocycles. The van der Waals surface area contributed by atoms with Gasteiger partial charge in [0.25, 0.3) is 0 Å². The normalized spacial score (nSPS) is 13.1. The maximum absolute atomic E-state index is 9.65. The Kier molecular flexibility index (Phi) is 5.46. The van der Waals surface area contributed by atoms with Crippen LogP contribution in [0.15, 0.2) is 24.3 Å². The Labute approximate surface area is 98.1 Å². The van der Waals surface area contributed by atoms with Crippen molar-refractivity contribution in [2.75, 3.05) is 27.2 Å². The van der Waals surface area contributed by atoms with Gasteiger partial charge in [-0.05, 0) is 26.6 Å². The molecule has 3 nitrogen and oxygen atoms in total. The van der Waals surface area contributed by atoms with Gasteiger partial charge in [0.05, 0.1) is 6.10 Å². The molecule has 90 valence electrons. The summed E-state index contributed by atoms with van der Waals surface area (Å²) in [6.07, 6.45) is -0.306. The first-order valence-corrected chi connectivity index (χ1v) is 5.67. The van der Waals surface area contributed by atoms with Crippen LogP contribution in [0.2, 0.25) is 0 Å². The molecule has 0 aliphatic rings. The zero-order chi connectivity index (χ0) is 12.0. The number of aryl methyl sites for hydroxylation is 1. The molecule has 0 fully saturated rings. The smallest absolute Gasteiger partial charge is 0.0791 e. The largest absolute Gasteiger partial charge is 0.390 e. The van der Waals surface area contributed by atoms with Gasteiger partial charge in [0, 0.05) is 19.6 Å². The molecule has 0 aromatic heterocycles. The highest BCUT2D eigenvalue weighted by molar-refractivity contribution is 5.21. The lowest BCUT2D eigenvalue weighted by atomic mass is 10.1. The average molecular weight is 222 g/mol. The zero-order valence-corrected chi connectivity index (χ0v) is 10.4. The van der Waals surface area contributed by atoms with Crippen molar-refractivity contribution in [2.45, 2.75) is 19.6 Å². The molecule has 0 radical (unpaired) electrons. The predicted molar refractivity (Wildman–Crippen MR) is 67.4 cm³/mol. The molecule has 1 unspecified atom stereocenters. The van der Waals surface area contributed by atoms with Gasteiger partial charge >= 0.3 is 0 Å². The number of aliphatic hydroxyl groups excluding tert-OH is 1. The van der Waals surface area contributed by atoms with E-state index in [4.69, 9.17) is 0 Å². The lowest BCUT2D eigenvalue weighted by molar-refractivity contribution is 0.134. The van der Waals surface area contributed by atoms with Crippen LogP contribution in [-0.2, 0) is 6.54 Å². The van der Waals surface area contributed by atoms with Crippen LogP contribution in [0.3, 0.4) is 0 Å². The number of benzene rings is 1. The lowest BCUT2D eigenvalue weighted by Gasteiger charge is -2.16. The minimum atomic E-state index is -0.306. The van der Waals surface area contributed by atoms with Crippen LogP contribution in [0, 0.1) is 6.92 Å². The van der Waals surface area contributed by atoms with Gasteiger partial charge in [0.1, 0.15) is 0 Å². The van der Waals surface area contributed by atoms with Crippen molar-refractivity contribution in [2.24, 2.45) is 0 Å². The number of hydrogen-bond donors (Lipinski definition) is 2. The molecule has 2 N–H and O–H groups in total. The first-order valence-electron chi connectivity index (χ1n) is 5.67. The van der Waals surface area contributed by atoms with E-state index in [0.29, 0.717) is 13.1 Å². The van der Waals surface area contributed by atoms with E-state index in [0.717, 1.165) is 6.54 Å². The first-order chi connectivity index (χ1) is 7.58. The maximum atomic E-state index is 9.65. The third-order valence-electron chi connectivity index (χ3n) is 2.37. The first kappa shape index (κ1) is 13.2. The SMILES string of the molecule is Cc1cccc(CNCC(O)CN(C)C)c1. The second-order valence-corrected chi connectivity index (χ2v) is 4.54. The van der Waals surface area contributed by atoms with Gasteiger partial charge in [-0.15, -0.1) is 0 Å². The highest BCUT2D eigenvalue weighted by atomic mass is 16.3. The molecular formula is C13H22N2O. The topological polar surface area (TPSA) is 35.5 Å². The zero-order valence-electron chi connectivity index (χ0n) is 10.4. The van der Waals surface area contributed by atoms with E-state index in [1.807, 2.05) is 19.0 Å². The van der Waals surface area contributed by atoms with Crippen LogP contribution in [0.4, 0.5) is 0 Å². The molecule has 1 aromatic carbocycles. The van der Waals surface area contributed by atoms with Crippen molar-refractivity contribution in [1.82, 2.24) is 10.2 Å². The number of likely N-dealkylation sites (N-methyl/N-ethyl adjacent to an activating group) is 1. The van der Waals surface area contributed by atoms with Gasteiger partial charge < -0.3 is 15.3 Å². The fourth-order valence-corrected chi connectivity index (χ4v) is 1.69. The van der Waals surface area contributed by atoms with Crippen LogP contribution in [-0.4, -0.2) is 43.3 Å². The molecule has 0 saturated carbocycles. The van der Waals surface area contributed by atoms with Crippen LogP contribution >= 0.6 is 0 Å². The van der Waals surface area contributed by atoms with E-state index in [2.05, 4.69) is 36.5 Å². The van der Waals surface area contributed by atoms with Gasteiger partial charge in [0.15, 0.2) is 0 Å². The Balaban J connectivity index is 2.25. The average Bonchev–Trinajstić information content (AvgIpc) is 2.16. The number of nitrogens with zero attached hydrogens (tertiary/aromatic N) is 1. The molecule has 0 spiro atoms. The van der Waals surface area contributed by atoms with E-state index in [9.17, 15) is 5.11 Å². The van der Waals surface area contributed by atoms with Crippen LogP contribution in [0.25, 0.3) is 0 Å². The third kappa shape index (κ3) is 5.26. The molecular weight excluding hydrogens is 200 g/mol. The molecule has 16 heavy (non-hydrogen) atoms. The summed E-state index contributed by atoms with van der Waals surface area (Å²) >= 11 is 0. The van der Waals surface area contributed by atoms with E-state index >= 15 is 0 Å². The third-order valence-corrected chi connectivity index (χ3v) is 2.37. The van der Waals surface area contributed by atoms with Crippen molar-refractivity contribution >= 4 is 0 Å². The van der Waals surface area contributed by atoms with Crippen LogP contribution < -0.4 is 5.32 Å². The molecule has 1 aromatic rings. The summed E-state index contributed by atoms with van der Waals surface area (Å²) in [6.45, 7) is 4.23.